The highest BCUT2D eigenvalue weighted by Gasteiger charge is 2.45. The van der Waals surface area contributed by atoms with Crippen molar-refractivity contribution >= 4 is 28.7 Å². The summed E-state index contributed by atoms with van der Waals surface area (Å²) in [7, 11) is 0. The first kappa shape index (κ1) is 20.0. The second-order valence-corrected chi connectivity index (χ2v) is 8.29. The Morgan fingerprint density at radius 3 is 2.53 bits per heavy atom. The maximum atomic E-state index is 13.3. The summed E-state index contributed by atoms with van der Waals surface area (Å²) in [4.78, 5) is 36.3. The van der Waals surface area contributed by atoms with Crippen LogP contribution in [0.5, 0.6) is 0 Å². The lowest BCUT2D eigenvalue weighted by Crippen LogP contribution is -2.36. The van der Waals surface area contributed by atoms with Crippen molar-refractivity contribution in [2.75, 3.05) is 4.90 Å². The normalized spacial score (nSPS) is 16.9. The summed E-state index contributed by atoms with van der Waals surface area (Å²) in [5.41, 5.74) is 2.67. The number of amides is 1. The van der Waals surface area contributed by atoms with E-state index >= 15 is 0 Å². The number of carbonyl (C=O) groups excluding carboxylic acids is 1. The quantitative estimate of drug-likeness (QED) is 0.640. The third kappa shape index (κ3) is 3.54. The molecule has 0 bridgehead atoms. The van der Waals surface area contributed by atoms with E-state index in [-0.39, 0.29) is 5.91 Å². The molecule has 3 heterocycles. The van der Waals surface area contributed by atoms with Crippen molar-refractivity contribution in [3.8, 4) is 0 Å². The minimum Gasteiger partial charge on any atom is -0.481 e. The summed E-state index contributed by atoms with van der Waals surface area (Å²) in [6.45, 7) is 6.03. The van der Waals surface area contributed by atoms with Gasteiger partial charge in [0.15, 0.2) is 5.65 Å². The summed E-state index contributed by atoms with van der Waals surface area (Å²) in [6.07, 6.45) is 1.25. The molecule has 1 aromatic carbocycles. The molecule has 4 rings (SSSR count). The van der Waals surface area contributed by atoms with Gasteiger partial charge in [-0.25, -0.2) is 9.97 Å². The zero-order valence-electron chi connectivity index (χ0n) is 17.4. The molecule has 0 saturated heterocycles. The largest absolute Gasteiger partial charge is 0.481 e. The molecular formula is C24H25N3O3. The molecule has 3 aromatic rings. The first-order valence-electron chi connectivity index (χ1n) is 10.3. The van der Waals surface area contributed by atoms with Crippen LogP contribution in [0.3, 0.4) is 0 Å². The van der Waals surface area contributed by atoms with Gasteiger partial charge in [-0.15, -0.1) is 0 Å². The number of carbonyl (C=O) groups is 2. The molecule has 0 saturated carbocycles. The van der Waals surface area contributed by atoms with Gasteiger partial charge in [0.25, 0.3) is 5.91 Å². The summed E-state index contributed by atoms with van der Waals surface area (Å²) in [6, 6.07) is 14.2. The fraction of sp³-hybridized carbons (Fsp3) is 0.333. The molecule has 154 valence electrons. The number of carboxylic acid groups (broad SMARTS) is 1. The third-order valence-electron chi connectivity index (χ3n) is 5.68. The first-order valence-corrected chi connectivity index (χ1v) is 10.3. The maximum Gasteiger partial charge on any atom is 0.308 e. The van der Waals surface area contributed by atoms with Crippen LogP contribution in [0, 0.1) is 18.8 Å². The van der Waals surface area contributed by atoms with Gasteiger partial charge in [0, 0.05) is 16.6 Å². The highest BCUT2D eigenvalue weighted by atomic mass is 16.4. The molecule has 1 aliphatic rings. The van der Waals surface area contributed by atoms with Crippen LogP contribution in [0.4, 0.5) is 5.82 Å². The predicted molar refractivity (Wildman–Crippen MR) is 115 cm³/mol. The number of aromatic nitrogens is 2. The second-order valence-electron chi connectivity index (χ2n) is 8.29. The van der Waals surface area contributed by atoms with Gasteiger partial charge >= 0.3 is 5.97 Å². The number of pyridine rings is 2. The molecule has 2 aromatic heterocycles. The minimum absolute atomic E-state index is 0.217. The Morgan fingerprint density at radius 1 is 1.07 bits per heavy atom. The van der Waals surface area contributed by atoms with Crippen LogP contribution in [0.25, 0.3) is 11.0 Å². The van der Waals surface area contributed by atoms with Crippen LogP contribution in [0.2, 0.25) is 0 Å². The van der Waals surface area contributed by atoms with E-state index in [1.54, 1.807) is 23.1 Å². The number of aliphatic carboxylic acids is 1. The van der Waals surface area contributed by atoms with E-state index < -0.39 is 17.9 Å². The van der Waals surface area contributed by atoms with Crippen LogP contribution in [0.15, 0.2) is 48.5 Å². The van der Waals surface area contributed by atoms with Crippen LogP contribution in [-0.2, 0) is 4.79 Å². The van der Waals surface area contributed by atoms with Crippen molar-refractivity contribution in [3.05, 3.63) is 65.4 Å². The number of carboxylic acids is 1. The molecule has 0 aliphatic carbocycles. The lowest BCUT2D eigenvalue weighted by Gasteiger charge is -2.30. The fourth-order valence-electron chi connectivity index (χ4n) is 4.14. The lowest BCUT2D eigenvalue weighted by atomic mass is 9.87. The molecule has 1 amide bonds. The van der Waals surface area contributed by atoms with Crippen molar-refractivity contribution < 1.29 is 14.7 Å². The van der Waals surface area contributed by atoms with Gasteiger partial charge in [-0.1, -0.05) is 38.5 Å². The van der Waals surface area contributed by atoms with E-state index in [2.05, 4.69) is 23.8 Å². The number of fused-ring (bicyclic) bond motifs is 2. The molecule has 0 spiro atoms. The smallest absolute Gasteiger partial charge is 0.308 e. The van der Waals surface area contributed by atoms with Crippen molar-refractivity contribution in [2.45, 2.75) is 39.7 Å². The molecule has 1 aliphatic heterocycles. The number of nitrogens with zero attached hydrogens (tertiary/aromatic N) is 3. The van der Waals surface area contributed by atoms with E-state index in [0.717, 1.165) is 23.1 Å². The number of anilines is 1. The van der Waals surface area contributed by atoms with Gasteiger partial charge in [-0.2, -0.15) is 0 Å². The van der Waals surface area contributed by atoms with Crippen molar-refractivity contribution in [1.29, 1.82) is 0 Å². The van der Waals surface area contributed by atoms with Crippen LogP contribution < -0.4 is 4.90 Å². The molecule has 2 unspecified atom stereocenters. The zero-order valence-corrected chi connectivity index (χ0v) is 17.4. The average molecular weight is 403 g/mol. The highest BCUT2D eigenvalue weighted by Crippen LogP contribution is 2.43. The molecule has 30 heavy (non-hydrogen) atoms. The zero-order chi connectivity index (χ0) is 21.4. The van der Waals surface area contributed by atoms with Gasteiger partial charge in [0.2, 0.25) is 0 Å². The summed E-state index contributed by atoms with van der Waals surface area (Å²) in [5, 5.41) is 10.9. The van der Waals surface area contributed by atoms with Gasteiger partial charge in [0.05, 0.1) is 12.0 Å². The average Bonchev–Trinajstić information content (AvgIpc) is 3.00. The molecular weight excluding hydrogens is 378 g/mol. The van der Waals surface area contributed by atoms with E-state index in [1.165, 1.54) is 0 Å². The standard InChI is InChI=1S/C24H25N3O3/c1-14(2)8-12-19(24(29)30)21-17-6-4-5-7-18(17)23(28)27(21)20-13-11-16-10-9-15(3)25-22(16)26-20/h4-7,9-11,13-14,19,21H,8,12H2,1-3H3,(H,29,30). The second kappa shape index (κ2) is 7.86. The summed E-state index contributed by atoms with van der Waals surface area (Å²) >= 11 is 0. The Kier molecular flexibility index (Phi) is 5.24. The van der Waals surface area contributed by atoms with E-state index in [9.17, 15) is 14.7 Å². The Morgan fingerprint density at radius 2 is 1.80 bits per heavy atom. The first-order chi connectivity index (χ1) is 14.4. The Labute approximate surface area is 175 Å². The van der Waals surface area contributed by atoms with E-state index in [4.69, 9.17) is 0 Å². The summed E-state index contributed by atoms with van der Waals surface area (Å²) < 4.78 is 0. The molecule has 0 fully saturated rings. The Balaban J connectivity index is 1.84. The predicted octanol–water partition coefficient (Wildman–Crippen LogP) is 4.78. The van der Waals surface area contributed by atoms with Crippen molar-refractivity contribution in [3.63, 3.8) is 0 Å². The number of hydrogen-bond donors (Lipinski definition) is 1. The fourth-order valence-corrected chi connectivity index (χ4v) is 4.14. The monoisotopic (exact) mass is 403 g/mol. The number of benzene rings is 1. The number of aryl methyl sites for hydroxylation is 1. The van der Waals surface area contributed by atoms with E-state index in [0.29, 0.717) is 29.4 Å². The number of rotatable bonds is 6. The topological polar surface area (TPSA) is 83.4 Å². The highest BCUT2D eigenvalue weighted by molar-refractivity contribution is 6.11. The SMILES string of the molecule is Cc1ccc2ccc(N3C(=O)c4ccccc4C3C(CCC(C)C)C(=O)O)nc2n1. The van der Waals surface area contributed by atoms with Gasteiger partial charge in [0.1, 0.15) is 5.82 Å². The lowest BCUT2D eigenvalue weighted by molar-refractivity contribution is -0.142. The summed E-state index contributed by atoms with van der Waals surface area (Å²) in [5.74, 6) is -1.03. The van der Waals surface area contributed by atoms with Crippen LogP contribution in [-0.4, -0.2) is 27.0 Å². The molecule has 0 radical (unpaired) electrons. The third-order valence-corrected chi connectivity index (χ3v) is 5.68. The van der Waals surface area contributed by atoms with Gasteiger partial charge in [-0.05, 0) is 55.2 Å². The molecule has 1 N–H and O–H groups in total. The Hall–Kier alpha value is -3.28. The Bertz CT molecular complexity index is 1130. The van der Waals surface area contributed by atoms with Crippen LogP contribution in [0.1, 0.15) is 54.3 Å². The van der Waals surface area contributed by atoms with E-state index in [1.807, 2.05) is 37.3 Å². The maximum absolute atomic E-state index is 13.3. The molecule has 6 nitrogen and oxygen atoms in total. The minimum atomic E-state index is -0.898. The van der Waals surface area contributed by atoms with Crippen LogP contribution >= 0.6 is 0 Å². The van der Waals surface area contributed by atoms with Crippen molar-refractivity contribution in [1.82, 2.24) is 9.97 Å². The van der Waals surface area contributed by atoms with Crippen molar-refractivity contribution in [2.24, 2.45) is 11.8 Å². The van der Waals surface area contributed by atoms with Gasteiger partial charge < -0.3 is 5.11 Å². The van der Waals surface area contributed by atoms with Gasteiger partial charge in [-0.3, -0.25) is 14.5 Å². The molecule has 6 heteroatoms. The number of hydrogen-bond acceptors (Lipinski definition) is 4. The molecule has 2 atom stereocenters.